The maximum atomic E-state index is 14.4. The summed E-state index contributed by atoms with van der Waals surface area (Å²) in [6.07, 6.45) is 5.74. The van der Waals surface area contributed by atoms with Crippen LogP contribution in [0.25, 0.3) is 0 Å². The van der Waals surface area contributed by atoms with Crippen molar-refractivity contribution < 1.29 is 85.8 Å². The number of epoxide rings is 1. The fourth-order valence-electron chi connectivity index (χ4n) is 18.1. The second-order valence-electron chi connectivity index (χ2n) is 39.6. The third-order valence-corrected chi connectivity index (χ3v) is 40.9. The fraction of sp³-hybridized carbons (Fsp3) is 0.388. The number of sulfonamides is 2. The molecule has 18 rings (SSSR count). The topological polar surface area (TPSA) is 253 Å². The van der Waals surface area contributed by atoms with Crippen LogP contribution >= 0.6 is 138 Å². The summed E-state index contributed by atoms with van der Waals surface area (Å²) >= 11 is 47.4. The molecular formula is C103H106Br5Cl5F5N5O14S4. The molecule has 14 atom stereocenters. The first-order chi connectivity index (χ1) is 66.1. The molecule has 8 aliphatic heterocycles. The normalized spacial score (nSPS) is 24.1. The van der Waals surface area contributed by atoms with Gasteiger partial charge in [0.2, 0.25) is 20.0 Å². The van der Waals surface area contributed by atoms with Crippen LogP contribution in [0, 0.1) is 29.1 Å². The summed E-state index contributed by atoms with van der Waals surface area (Å²) in [6.45, 7) is 26.1. The van der Waals surface area contributed by atoms with Crippen molar-refractivity contribution in [3.8, 4) is 28.7 Å². The minimum absolute atomic E-state index is 0.0190. The third-order valence-electron chi connectivity index (χ3n) is 25.8. The van der Waals surface area contributed by atoms with Gasteiger partial charge in [-0.15, -0.1) is 6.58 Å². The van der Waals surface area contributed by atoms with Gasteiger partial charge in [0, 0.05) is 131 Å². The van der Waals surface area contributed by atoms with Crippen molar-refractivity contribution in [1.82, 2.24) is 19.1 Å². The number of rotatable bonds is 20. The maximum absolute atomic E-state index is 14.4. The van der Waals surface area contributed by atoms with Crippen LogP contribution in [0.2, 0.25) is 25.1 Å². The summed E-state index contributed by atoms with van der Waals surface area (Å²) in [5, 5.41) is 23.9. The molecule has 0 bridgehead atoms. The molecule has 756 valence electrons. The molecule has 3 saturated heterocycles. The summed E-state index contributed by atoms with van der Waals surface area (Å²) in [5.74, 6) is -0.863. The Bertz CT molecular complexity index is 6700. The standard InChI is InChI=1S/2C22H24BrClFNO4S.C22H24BrClFNO2S.C19H18BrClFNO2S.C18H16BrClFNO2/c1-21(2,3)31(27,28)26-18(9-14-12-29-14)22(13-7-5-4-6-8-13)11-15-17(30-22)10-16(25)20(24)19(15)23;1-21(2,3)31(28,29)26-12-14(27)9-18(26)22(13-7-5-4-6-8-13)11-15-17(30-22)10-16(25)20(24)19(15)23;1-5-9-18(26-29(27)21(2,3)4)22(14-10-7-6-8-11-14)13-15-17(28-22)12-16(25)20(24)19(15)23;1-18(2,3)26(24)23-11-19(12-7-5-4-6-8-12)10-13-15(25-19)9-14(22)17(21)16(13)20;19-16-12-8-18(10-4-2-1-3-5-10,15-6-11(23)9-22-15)24-14(12)7-13(21)17(16)20/h4-8,10,14,18,26H,9,11-12H2,1-3H3;4-8,10,14,18,27H,9,11-12H2,1-3H3;5-8,10-12,18,26H,1,9,13H2,2-4H3;4-9,11H,10H2,1-3H3;1-5,7,11,15,22-23H,6,8-9H2/t2*14?,18?,22-;18?,22-,29?;19-,26?;11?,15?,18-/m00010/s1. The van der Waals surface area contributed by atoms with E-state index in [-0.39, 0.29) is 62.7 Å². The Balaban J connectivity index is 0.000000141. The van der Waals surface area contributed by atoms with Gasteiger partial charge in [-0.05, 0) is 211 Å². The Labute approximate surface area is 892 Å². The maximum Gasteiger partial charge on any atom is 0.219 e. The van der Waals surface area contributed by atoms with Gasteiger partial charge in [-0.25, -0.2) is 56.6 Å². The van der Waals surface area contributed by atoms with Crippen molar-refractivity contribution in [2.75, 3.05) is 19.7 Å². The van der Waals surface area contributed by atoms with Crippen molar-refractivity contribution >= 4 is 186 Å². The number of halogens is 15. The molecule has 0 aromatic heterocycles. The highest BCUT2D eigenvalue weighted by molar-refractivity contribution is 9.11. The largest absolute Gasteiger partial charge is 0.480 e. The van der Waals surface area contributed by atoms with Gasteiger partial charge in [-0.1, -0.05) is 216 Å². The van der Waals surface area contributed by atoms with E-state index in [4.69, 9.17) is 86.4 Å². The Morgan fingerprint density at radius 3 is 1.23 bits per heavy atom. The first kappa shape index (κ1) is 111. The summed E-state index contributed by atoms with van der Waals surface area (Å²) in [4.78, 5) is 0. The highest BCUT2D eigenvalue weighted by Crippen LogP contribution is 2.58. The van der Waals surface area contributed by atoms with Crippen LogP contribution < -0.4 is 38.4 Å². The Hall–Kier alpha value is -5.97. The highest BCUT2D eigenvalue weighted by Gasteiger charge is 2.60. The highest BCUT2D eigenvalue weighted by atomic mass is 79.9. The average Bonchev–Trinajstić information content (AvgIpc) is 1.57. The zero-order valence-corrected chi connectivity index (χ0v) is 93.7. The number of nitrogens with zero attached hydrogens (tertiary/aromatic N) is 2. The zero-order valence-electron chi connectivity index (χ0n) is 78.7. The van der Waals surface area contributed by atoms with E-state index in [9.17, 15) is 57.4 Å². The van der Waals surface area contributed by atoms with Gasteiger partial charge in [0.25, 0.3) is 0 Å². The van der Waals surface area contributed by atoms with Crippen LogP contribution in [0.15, 0.2) is 221 Å². The van der Waals surface area contributed by atoms with E-state index < -0.39 is 142 Å². The first-order valence-electron chi connectivity index (χ1n) is 45.1. The summed E-state index contributed by atoms with van der Waals surface area (Å²) in [7, 11) is -10.3. The Kier molecular flexibility index (Phi) is 34.0. The van der Waals surface area contributed by atoms with E-state index in [0.29, 0.717) is 120 Å². The molecule has 141 heavy (non-hydrogen) atoms. The zero-order chi connectivity index (χ0) is 103. The van der Waals surface area contributed by atoms with E-state index in [2.05, 4.69) is 105 Å². The van der Waals surface area contributed by atoms with Gasteiger partial charge < -0.3 is 44.0 Å². The van der Waals surface area contributed by atoms with Crippen molar-refractivity contribution in [3.63, 3.8) is 0 Å². The fourth-order valence-corrected chi connectivity index (χ4v) is 25.7. The molecule has 38 heteroatoms. The van der Waals surface area contributed by atoms with Gasteiger partial charge in [-0.2, -0.15) is 8.70 Å². The van der Waals surface area contributed by atoms with Gasteiger partial charge in [0.05, 0.1) is 110 Å². The van der Waals surface area contributed by atoms with Gasteiger partial charge in [0.15, 0.2) is 28.0 Å². The first-order valence-corrected chi connectivity index (χ1v) is 56.2. The Morgan fingerprint density at radius 1 is 0.496 bits per heavy atom. The monoisotopic (exact) mass is 2430 g/mol. The number of aliphatic hydroxyl groups excluding tert-OH is 2. The van der Waals surface area contributed by atoms with E-state index in [1.54, 1.807) is 53.8 Å². The number of nitrogens with one attached hydrogen (secondary N) is 3. The molecule has 0 spiro atoms. The number of fused-ring (bicyclic) bond motifs is 5. The molecule has 0 aliphatic carbocycles. The molecule has 0 amide bonds. The molecule has 8 aliphatic rings. The molecule has 0 radical (unpaired) electrons. The van der Waals surface area contributed by atoms with Crippen LogP contribution in [-0.2, 0) is 107 Å². The second-order valence-corrected chi connectivity index (χ2v) is 54.5. The van der Waals surface area contributed by atoms with Crippen molar-refractivity contribution in [2.24, 2.45) is 4.40 Å². The van der Waals surface area contributed by atoms with Gasteiger partial charge >= 0.3 is 0 Å². The SMILES string of the molecule is C=CCC(NS(=O)C(C)(C)C)[C@@]1(c2ccccc2)Cc2c(cc(F)c(Cl)c2Br)O1.CC(C)(C)S(=O)(=O)N1CC(O)CC1[C@@]1(c2ccccc2)Cc2c(cc(F)c(Cl)c2Br)O1.CC(C)(C)S(=O)(=O)NC(CC1CO1)[C@@]1(c2ccccc2)Cc2c(cc(F)c(Cl)c2Br)O1.CC(C)(C)S(=O)N=C[C@@]1(c2ccccc2)Cc2c(cc(F)c(Cl)c2Br)O1.OC1CNC([C@@]2(c3ccccc3)Cc3c(cc(F)c(Cl)c3Br)O2)C1. The summed E-state index contributed by atoms with van der Waals surface area (Å²) < 4.78 is 198. The lowest BCUT2D eigenvalue weighted by Crippen LogP contribution is -2.56. The minimum atomic E-state index is -3.77. The number of hydrogen-bond acceptors (Lipinski definition) is 15. The smallest absolute Gasteiger partial charge is 0.219 e. The average molecular weight is 2440 g/mol. The molecule has 10 aromatic rings. The lowest BCUT2D eigenvalue weighted by atomic mass is 9.81. The number of ether oxygens (including phenoxy) is 6. The number of β-amino-alcohol motifs (C(OH)–C–C–N with tert-alkyl or cyclic N) is 2. The van der Waals surface area contributed by atoms with Crippen LogP contribution in [0.1, 0.15) is 164 Å². The van der Waals surface area contributed by atoms with Crippen molar-refractivity contribution in [2.45, 2.75) is 230 Å². The molecule has 5 N–H and O–H groups in total. The van der Waals surface area contributed by atoms with Crippen molar-refractivity contribution in [3.05, 3.63) is 327 Å². The number of aliphatic hydroxyl groups is 2. The van der Waals surface area contributed by atoms with Gasteiger partial charge in [-0.3, -0.25) is 0 Å². The second kappa shape index (κ2) is 43.3. The van der Waals surface area contributed by atoms with E-state index in [0.717, 1.165) is 44.5 Å². The quantitative estimate of drug-likeness (QED) is 0.0156. The minimum Gasteiger partial charge on any atom is -0.480 e. The lowest BCUT2D eigenvalue weighted by molar-refractivity contribution is 0.0261. The number of benzene rings is 10. The van der Waals surface area contributed by atoms with Crippen molar-refractivity contribution in [1.29, 1.82) is 0 Å². The summed E-state index contributed by atoms with van der Waals surface area (Å²) in [6, 6.07) is 52.4. The van der Waals surface area contributed by atoms with Crippen LogP contribution in [0.3, 0.4) is 0 Å². The predicted octanol–water partition coefficient (Wildman–Crippen LogP) is 25.1. The number of hydrogen-bond donors (Lipinski definition) is 5. The van der Waals surface area contributed by atoms with E-state index in [1.165, 1.54) is 34.6 Å². The predicted molar refractivity (Wildman–Crippen MR) is 566 cm³/mol. The van der Waals surface area contributed by atoms with Crippen LogP contribution in [0.4, 0.5) is 22.0 Å². The van der Waals surface area contributed by atoms with Crippen LogP contribution in [-0.4, -0.2) is 127 Å². The summed E-state index contributed by atoms with van der Waals surface area (Å²) in [5.41, 5.74) is 3.28. The molecule has 19 nitrogen and oxygen atoms in total. The molecule has 3 fully saturated rings. The van der Waals surface area contributed by atoms with Gasteiger partial charge in [0.1, 0.15) is 68.8 Å². The van der Waals surface area contributed by atoms with Crippen LogP contribution in [0.5, 0.6) is 28.7 Å². The Morgan fingerprint density at radius 2 is 0.858 bits per heavy atom. The molecule has 10 aromatic carbocycles. The molecule has 9 unspecified atom stereocenters. The van der Waals surface area contributed by atoms with E-state index in [1.807, 2.05) is 193 Å². The van der Waals surface area contributed by atoms with E-state index >= 15 is 0 Å². The molecule has 0 saturated carbocycles. The molecule has 8 heterocycles. The third kappa shape index (κ3) is 22.8. The molecular weight excluding hydrogens is 2330 g/mol. The lowest BCUT2D eigenvalue weighted by Gasteiger charge is -2.41.